The van der Waals surface area contributed by atoms with Crippen molar-refractivity contribution in [2.75, 3.05) is 26.2 Å². The number of halogens is 3. The summed E-state index contributed by atoms with van der Waals surface area (Å²) < 4.78 is 13.6. The van der Waals surface area contributed by atoms with Gasteiger partial charge in [-0.15, -0.1) is 12.4 Å². The molecule has 2 rings (SSSR count). The van der Waals surface area contributed by atoms with E-state index in [1.807, 2.05) is 6.07 Å². The molecule has 1 aliphatic rings. The minimum absolute atomic E-state index is 0. The predicted molar refractivity (Wildman–Crippen MR) is 80.7 cm³/mol. The van der Waals surface area contributed by atoms with E-state index in [1.54, 1.807) is 12.1 Å². The molecule has 0 unspecified atom stereocenters. The van der Waals surface area contributed by atoms with Gasteiger partial charge in [0.25, 0.3) is 0 Å². The van der Waals surface area contributed by atoms with Crippen molar-refractivity contribution >= 4 is 24.0 Å². The molecule has 0 aliphatic carbocycles. The van der Waals surface area contributed by atoms with Gasteiger partial charge in [-0.05, 0) is 24.1 Å². The van der Waals surface area contributed by atoms with Gasteiger partial charge in [-0.25, -0.2) is 4.39 Å². The Morgan fingerprint density at radius 1 is 1.37 bits per heavy atom. The van der Waals surface area contributed by atoms with E-state index < -0.39 is 0 Å². The lowest BCUT2D eigenvalue weighted by atomic mass is 10.00. The molecule has 19 heavy (non-hydrogen) atoms. The Morgan fingerprint density at radius 3 is 2.63 bits per heavy atom. The molecule has 0 spiro atoms. The fourth-order valence-electron chi connectivity index (χ4n) is 2.55. The van der Waals surface area contributed by atoms with Crippen molar-refractivity contribution < 1.29 is 4.39 Å². The van der Waals surface area contributed by atoms with Crippen LogP contribution in [0.3, 0.4) is 0 Å². The second kappa shape index (κ2) is 8.05. The molecular formula is C14H21Cl2FN2. The van der Waals surface area contributed by atoms with Gasteiger partial charge in [-0.1, -0.05) is 31.0 Å². The zero-order valence-corrected chi connectivity index (χ0v) is 12.7. The van der Waals surface area contributed by atoms with Crippen LogP contribution in [0.25, 0.3) is 0 Å². The summed E-state index contributed by atoms with van der Waals surface area (Å²) in [6, 6.07) is 5.51. The van der Waals surface area contributed by atoms with E-state index in [1.165, 1.54) is 0 Å². The number of hydrogen-bond acceptors (Lipinski definition) is 2. The molecule has 1 fully saturated rings. The fraction of sp³-hybridized carbons (Fsp3) is 0.571. The van der Waals surface area contributed by atoms with E-state index in [0.29, 0.717) is 6.04 Å². The number of nitrogens with one attached hydrogen (secondary N) is 1. The maximum atomic E-state index is 13.6. The third-order valence-corrected chi connectivity index (χ3v) is 3.79. The first kappa shape index (κ1) is 16.7. The fourth-order valence-corrected chi connectivity index (χ4v) is 2.66. The molecule has 0 saturated carbocycles. The summed E-state index contributed by atoms with van der Waals surface area (Å²) in [6.07, 6.45) is 2.15. The summed E-state index contributed by atoms with van der Waals surface area (Å²) in [5.74, 6) is -0.314. The average molecular weight is 307 g/mol. The Labute approximate surface area is 125 Å². The van der Waals surface area contributed by atoms with Crippen molar-refractivity contribution in [3.8, 4) is 0 Å². The van der Waals surface area contributed by atoms with Crippen LogP contribution in [-0.2, 0) is 0 Å². The monoisotopic (exact) mass is 306 g/mol. The van der Waals surface area contributed by atoms with Gasteiger partial charge in [0.15, 0.2) is 0 Å². The molecule has 1 N–H and O–H groups in total. The second-order valence-corrected chi connectivity index (χ2v) is 5.17. The summed E-state index contributed by atoms with van der Waals surface area (Å²) in [5, 5.41) is 3.55. The highest BCUT2D eigenvalue weighted by molar-refractivity contribution is 6.30. The first-order chi connectivity index (χ1) is 8.72. The molecule has 1 heterocycles. The summed E-state index contributed by atoms with van der Waals surface area (Å²) in [7, 11) is 0. The maximum absolute atomic E-state index is 13.6. The molecular weight excluding hydrogens is 286 g/mol. The van der Waals surface area contributed by atoms with Gasteiger partial charge in [-0.2, -0.15) is 0 Å². The van der Waals surface area contributed by atoms with E-state index in [2.05, 4.69) is 17.1 Å². The van der Waals surface area contributed by atoms with E-state index in [9.17, 15) is 4.39 Å². The summed E-state index contributed by atoms with van der Waals surface area (Å²) in [4.78, 5) is 2.43. The van der Waals surface area contributed by atoms with Gasteiger partial charge in [0, 0.05) is 32.2 Å². The van der Waals surface area contributed by atoms with Crippen LogP contribution < -0.4 is 5.32 Å². The van der Waals surface area contributed by atoms with Gasteiger partial charge >= 0.3 is 0 Å². The Morgan fingerprint density at radius 2 is 2.05 bits per heavy atom. The van der Waals surface area contributed by atoms with Crippen molar-refractivity contribution in [2.24, 2.45) is 0 Å². The molecule has 5 heteroatoms. The predicted octanol–water partition coefficient (Wildman–Crippen LogP) is 3.65. The quantitative estimate of drug-likeness (QED) is 0.913. The summed E-state index contributed by atoms with van der Waals surface area (Å²) in [5.41, 5.74) is 1.04. The Kier molecular flexibility index (Phi) is 7.08. The zero-order valence-electron chi connectivity index (χ0n) is 11.2. The first-order valence-electron chi connectivity index (χ1n) is 6.62. The van der Waals surface area contributed by atoms with Crippen LogP contribution in [0.4, 0.5) is 4.39 Å². The molecule has 0 amide bonds. The molecule has 2 nitrogen and oxygen atoms in total. The number of rotatable bonds is 4. The van der Waals surface area contributed by atoms with Gasteiger partial charge in [0.2, 0.25) is 0 Å². The van der Waals surface area contributed by atoms with Gasteiger partial charge in [0.05, 0.1) is 5.02 Å². The summed E-state index contributed by atoms with van der Waals surface area (Å²) >= 11 is 5.75. The Balaban J connectivity index is 0.00000180. The molecule has 0 bridgehead atoms. The molecule has 1 aromatic carbocycles. The lowest BCUT2D eigenvalue weighted by Gasteiger charge is -2.35. The van der Waals surface area contributed by atoms with E-state index >= 15 is 0 Å². The van der Waals surface area contributed by atoms with Crippen LogP contribution in [0.1, 0.15) is 31.4 Å². The molecule has 1 aliphatic heterocycles. The zero-order chi connectivity index (χ0) is 13.0. The average Bonchev–Trinajstić information content (AvgIpc) is 2.40. The topological polar surface area (TPSA) is 15.3 Å². The Hall–Kier alpha value is -0.350. The van der Waals surface area contributed by atoms with Crippen molar-refractivity contribution in [3.63, 3.8) is 0 Å². The SMILES string of the molecule is CCC[C@H](c1ccc(Cl)c(F)c1)N1CCNCC1.Cl. The number of piperazine rings is 1. The molecule has 1 atom stereocenters. The van der Waals surface area contributed by atoms with Gasteiger partial charge in [-0.3, -0.25) is 4.90 Å². The van der Waals surface area contributed by atoms with Crippen molar-refractivity contribution in [1.29, 1.82) is 0 Å². The van der Waals surface area contributed by atoms with Crippen LogP contribution in [0.15, 0.2) is 18.2 Å². The van der Waals surface area contributed by atoms with Crippen LogP contribution in [0.5, 0.6) is 0 Å². The highest BCUT2D eigenvalue weighted by Crippen LogP contribution is 2.28. The third kappa shape index (κ3) is 4.32. The van der Waals surface area contributed by atoms with Crippen molar-refractivity contribution in [2.45, 2.75) is 25.8 Å². The minimum atomic E-state index is -0.314. The summed E-state index contributed by atoms with van der Waals surface area (Å²) in [6.45, 7) is 6.23. The normalized spacial score (nSPS) is 17.8. The lowest BCUT2D eigenvalue weighted by molar-refractivity contribution is 0.164. The number of hydrogen-bond donors (Lipinski definition) is 1. The standard InChI is InChI=1S/C14H20ClFN2.ClH/c1-2-3-14(18-8-6-17-7-9-18)11-4-5-12(15)13(16)10-11;/h4-5,10,14,17H,2-3,6-9H2,1H3;1H/t14-;/m1./s1. The largest absolute Gasteiger partial charge is 0.314 e. The van der Waals surface area contributed by atoms with E-state index in [-0.39, 0.29) is 23.2 Å². The van der Waals surface area contributed by atoms with Gasteiger partial charge < -0.3 is 5.32 Å². The third-order valence-electron chi connectivity index (χ3n) is 3.48. The molecule has 1 aromatic rings. The number of benzene rings is 1. The maximum Gasteiger partial charge on any atom is 0.142 e. The van der Waals surface area contributed by atoms with Crippen LogP contribution in [-0.4, -0.2) is 31.1 Å². The van der Waals surface area contributed by atoms with Crippen molar-refractivity contribution in [3.05, 3.63) is 34.6 Å². The lowest BCUT2D eigenvalue weighted by Crippen LogP contribution is -2.45. The van der Waals surface area contributed by atoms with Crippen LogP contribution in [0, 0.1) is 5.82 Å². The molecule has 108 valence electrons. The highest BCUT2D eigenvalue weighted by Gasteiger charge is 2.21. The van der Waals surface area contributed by atoms with Gasteiger partial charge in [0.1, 0.15) is 5.82 Å². The van der Waals surface area contributed by atoms with E-state index in [4.69, 9.17) is 11.6 Å². The molecule has 0 aromatic heterocycles. The van der Waals surface area contributed by atoms with E-state index in [0.717, 1.165) is 44.6 Å². The Bertz CT molecular complexity index is 395. The first-order valence-corrected chi connectivity index (χ1v) is 7.00. The second-order valence-electron chi connectivity index (χ2n) is 4.76. The van der Waals surface area contributed by atoms with Crippen LogP contribution >= 0.6 is 24.0 Å². The molecule has 0 radical (unpaired) electrons. The van der Waals surface area contributed by atoms with Crippen LogP contribution in [0.2, 0.25) is 5.02 Å². The van der Waals surface area contributed by atoms with Crippen molar-refractivity contribution in [1.82, 2.24) is 10.2 Å². The minimum Gasteiger partial charge on any atom is -0.314 e. The smallest absolute Gasteiger partial charge is 0.142 e. The highest BCUT2D eigenvalue weighted by atomic mass is 35.5. The number of nitrogens with zero attached hydrogens (tertiary/aromatic N) is 1. The molecule has 1 saturated heterocycles.